The largest absolute Gasteiger partial charge is 0.338 e. The van der Waals surface area contributed by atoms with E-state index in [1.807, 2.05) is 4.68 Å². The summed E-state index contributed by atoms with van der Waals surface area (Å²) in [5.74, 6) is 1.72. The molecule has 1 aliphatic heterocycles. The third-order valence-electron chi connectivity index (χ3n) is 8.08. The Morgan fingerprint density at radius 2 is 1.92 bits per heavy atom. The van der Waals surface area contributed by atoms with Gasteiger partial charge in [-0.05, 0) is 60.7 Å². The molecule has 3 aliphatic carbocycles. The van der Waals surface area contributed by atoms with Crippen molar-refractivity contribution in [3.63, 3.8) is 0 Å². The summed E-state index contributed by atoms with van der Waals surface area (Å²) in [6.07, 6.45) is 4.66. The third-order valence-corrected chi connectivity index (χ3v) is 8.08. The maximum absolute atomic E-state index is 13.2. The van der Waals surface area contributed by atoms with Gasteiger partial charge >= 0.3 is 0 Å². The Bertz CT molecular complexity index is 805. The van der Waals surface area contributed by atoms with Crippen molar-refractivity contribution in [2.45, 2.75) is 85.7 Å². The molecule has 2 saturated carbocycles. The number of hydrogen-bond donors (Lipinski definition) is 0. The van der Waals surface area contributed by atoms with Gasteiger partial charge in [0.15, 0.2) is 0 Å². The van der Waals surface area contributed by atoms with E-state index in [1.54, 1.807) is 0 Å². The maximum atomic E-state index is 13.2. The van der Waals surface area contributed by atoms with Crippen LogP contribution in [-0.2, 0) is 17.8 Å². The minimum Gasteiger partial charge on any atom is -0.338 e. The van der Waals surface area contributed by atoms with Crippen LogP contribution in [0, 0.1) is 29.1 Å². The number of nitrogens with zero attached hydrogens (tertiary/aromatic N) is 3. The number of aryl methyl sites for hydroxylation is 1. The van der Waals surface area contributed by atoms with E-state index < -0.39 is 0 Å². The van der Waals surface area contributed by atoms with E-state index in [2.05, 4.69) is 46.4 Å². The van der Waals surface area contributed by atoms with Crippen LogP contribution >= 0.6 is 0 Å². The van der Waals surface area contributed by atoms with Crippen molar-refractivity contribution in [2.75, 3.05) is 6.54 Å². The highest BCUT2D eigenvalue weighted by Gasteiger charge is 2.63. The summed E-state index contributed by atoms with van der Waals surface area (Å²) < 4.78 is 2.05. The van der Waals surface area contributed by atoms with Gasteiger partial charge in [0.2, 0.25) is 5.91 Å². The van der Waals surface area contributed by atoms with Gasteiger partial charge < -0.3 is 4.90 Å². The summed E-state index contributed by atoms with van der Waals surface area (Å²) in [4.78, 5) is 15.4. The molecule has 26 heavy (non-hydrogen) atoms. The summed E-state index contributed by atoms with van der Waals surface area (Å²) in [5.41, 5.74) is 5.04. The molecule has 2 heterocycles. The molecule has 1 amide bonds. The van der Waals surface area contributed by atoms with E-state index in [1.165, 1.54) is 24.1 Å². The lowest BCUT2D eigenvalue weighted by molar-refractivity contribution is -0.133. The molecule has 142 valence electrons. The van der Waals surface area contributed by atoms with E-state index in [4.69, 9.17) is 5.10 Å². The van der Waals surface area contributed by atoms with E-state index in [0.29, 0.717) is 34.7 Å². The minimum absolute atomic E-state index is 0.279. The SMILES string of the molecule is Cc1nn(CC(=O)N2CC3(C)CC2CC(C)(C)C3)c2c1C1C(C2)C1(C)C. The zero-order valence-corrected chi connectivity index (χ0v) is 17.2. The van der Waals surface area contributed by atoms with E-state index in [-0.39, 0.29) is 5.91 Å². The lowest BCUT2D eigenvalue weighted by Gasteiger charge is -2.39. The second kappa shape index (κ2) is 4.74. The van der Waals surface area contributed by atoms with Crippen LogP contribution in [0.15, 0.2) is 0 Å². The molecule has 0 spiro atoms. The van der Waals surface area contributed by atoms with Crippen LogP contribution in [0.25, 0.3) is 0 Å². The molecule has 4 unspecified atom stereocenters. The summed E-state index contributed by atoms with van der Waals surface area (Å²) in [6, 6.07) is 0.424. The van der Waals surface area contributed by atoms with Crippen LogP contribution in [0.5, 0.6) is 0 Å². The first-order chi connectivity index (χ1) is 12.0. The Balaban J connectivity index is 1.37. The van der Waals surface area contributed by atoms with Crippen molar-refractivity contribution in [3.05, 3.63) is 17.0 Å². The average molecular weight is 356 g/mol. The number of fused-ring (bicyclic) bond motifs is 5. The van der Waals surface area contributed by atoms with Crippen LogP contribution in [0.3, 0.4) is 0 Å². The number of aromatic nitrogens is 2. The highest BCUT2D eigenvalue weighted by molar-refractivity contribution is 5.77. The van der Waals surface area contributed by atoms with Gasteiger partial charge in [-0.15, -0.1) is 0 Å². The predicted octanol–water partition coefficient (Wildman–Crippen LogP) is 3.91. The van der Waals surface area contributed by atoms with E-state index in [0.717, 1.165) is 31.0 Å². The highest BCUT2D eigenvalue weighted by Crippen LogP contribution is 2.70. The number of hydrogen-bond acceptors (Lipinski definition) is 2. The van der Waals surface area contributed by atoms with Crippen molar-refractivity contribution in [2.24, 2.45) is 22.2 Å². The smallest absolute Gasteiger partial charge is 0.244 e. The molecular formula is C22H33N3O. The molecule has 0 aromatic carbocycles. The van der Waals surface area contributed by atoms with Gasteiger partial charge in [0.05, 0.1) is 5.69 Å². The molecule has 1 aromatic rings. The Morgan fingerprint density at radius 1 is 1.19 bits per heavy atom. The zero-order chi connectivity index (χ0) is 18.6. The first-order valence-corrected chi connectivity index (χ1v) is 10.4. The highest BCUT2D eigenvalue weighted by atomic mass is 16.2. The summed E-state index contributed by atoms with van der Waals surface area (Å²) in [5, 5.41) is 4.79. The second-order valence-corrected chi connectivity index (χ2v) is 11.4. The normalized spacial score (nSPS) is 38.2. The number of carbonyl (C=O) groups is 1. The maximum Gasteiger partial charge on any atom is 0.244 e. The molecule has 5 rings (SSSR count). The van der Waals surface area contributed by atoms with Crippen molar-refractivity contribution < 1.29 is 4.79 Å². The van der Waals surface area contributed by atoms with Crippen LogP contribution in [0.1, 0.15) is 76.8 Å². The van der Waals surface area contributed by atoms with Crippen LogP contribution < -0.4 is 0 Å². The van der Waals surface area contributed by atoms with Crippen molar-refractivity contribution in [3.8, 4) is 0 Å². The van der Waals surface area contributed by atoms with Gasteiger partial charge in [-0.2, -0.15) is 5.10 Å². The molecule has 4 nitrogen and oxygen atoms in total. The summed E-state index contributed by atoms with van der Waals surface area (Å²) in [6.45, 7) is 15.3. The zero-order valence-electron chi connectivity index (χ0n) is 17.2. The van der Waals surface area contributed by atoms with E-state index in [9.17, 15) is 4.79 Å². The van der Waals surface area contributed by atoms with Gasteiger partial charge in [-0.1, -0.05) is 34.6 Å². The van der Waals surface area contributed by atoms with Gasteiger partial charge in [-0.25, -0.2) is 0 Å². The molecule has 4 heteroatoms. The van der Waals surface area contributed by atoms with Crippen molar-refractivity contribution in [1.82, 2.24) is 14.7 Å². The molecule has 1 aromatic heterocycles. The molecule has 4 atom stereocenters. The van der Waals surface area contributed by atoms with Gasteiger partial charge in [0.1, 0.15) is 6.54 Å². The van der Waals surface area contributed by atoms with Gasteiger partial charge in [0.25, 0.3) is 0 Å². The lowest BCUT2D eigenvalue weighted by atomic mass is 9.65. The standard InChI is InChI=1S/C22H33N3O/c1-13-18-16(7-15-19(18)21(15,4)5)25(23-13)10-17(26)24-12-22(6)9-14(24)8-20(2,3)11-22/h14-15,19H,7-12H2,1-6H3. The van der Waals surface area contributed by atoms with E-state index >= 15 is 0 Å². The van der Waals surface area contributed by atoms with Gasteiger partial charge in [-0.3, -0.25) is 9.48 Å². The van der Waals surface area contributed by atoms with Crippen molar-refractivity contribution in [1.29, 1.82) is 0 Å². The molecule has 1 saturated heterocycles. The number of likely N-dealkylation sites (tertiary alicyclic amines) is 1. The molecule has 0 radical (unpaired) electrons. The van der Waals surface area contributed by atoms with Crippen molar-refractivity contribution >= 4 is 5.91 Å². The number of rotatable bonds is 2. The van der Waals surface area contributed by atoms with Crippen LogP contribution in [-0.4, -0.2) is 33.2 Å². The predicted molar refractivity (Wildman–Crippen MR) is 102 cm³/mol. The quantitative estimate of drug-likeness (QED) is 0.806. The number of amides is 1. The molecule has 3 fully saturated rings. The first-order valence-electron chi connectivity index (χ1n) is 10.4. The van der Waals surface area contributed by atoms with Crippen LogP contribution in [0.4, 0.5) is 0 Å². The number of carbonyl (C=O) groups excluding carboxylic acids is 1. The Labute approximate surface area is 157 Å². The molecule has 0 N–H and O–H groups in total. The Hall–Kier alpha value is -1.32. The average Bonchev–Trinajstić information content (AvgIpc) is 2.87. The molecule has 4 aliphatic rings. The first kappa shape index (κ1) is 16.8. The monoisotopic (exact) mass is 355 g/mol. The minimum atomic E-state index is 0.279. The lowest BCUT2D eigenvalue weighted by Crippen LogP contribution is -2.39. The Morgan fingerprint density at radius 3 is 2.65 bits per heavy atom. The fraction of sp³-hybridized carbons (Fsp3) is 0.818. The summed E-state index contributed by atoms with van der Waals surface area (Å²) >= 11 is 0. The third kappa shape index (κ3) is 2.20. The molecular weight excluding hydrogens is 322 g/mol. The fourth-order valence-electron chi connectivity index (χ4n) is 7.27. The topological polar surface area (TPSA) is 38.1 Å². The van der Waals surface area contributed by atoms with Gasteiger partial charge in [0, 0.05) is 23.8 Å². The van der Waals surface area contributed by atoms with Crippen LogP contribution in [0.2, 0.25) is 0 Å². The second-order valence-electron chi connectivity index (χ2n) is 11.4. The fourth-order valence-corrected chi connectivity index (χ4v) is 7.27. The summed E-state index contributed by atoms with van der Waals surface area (Å²) in [7, 11) is 0. The Kier molecular flexibility index (Phi) is 3.07. The molecule has 2 bridgehead atoms.